The van der Waals surface area contributed by atoms with Gasteiger partial charge in [-0.3, -0.25) is 14.9 Å². The molecule has 0 bridgehead atoms. The third kappa shape index (κ3) is 4.92. The van der Waals surface area contributed by atoms with Crippen molar-refractivity contribution in [1.82, 2.24) is 0 Å². The van der Waals surface area contributed by atoms with E-state index in [4.69, 9.17) is 0 Å². The van der Waals surface area contributed by atoms with E-state index in [0.717, 1.165) is 11.8 Å². The Balaban J connectivity index is 2.77. The lowest BCUT2D eigenvalue weighted by Gasteiger charge is -2.18. The number of aryl methyl sites for hydroxylation is 1. The van der Waals surface area contributed by atoms with Crippen molar-refractivity contribution in [2.24, 2.45) is 0 Å². The number of hydrogen-bond donors (Lipinski definition) is 2. The Morgan fingerprint density at radius 2 is 2.05 bits per heavy atom. The summed E-state index contributed by atoms with van der Waals surface area (Å²) in [7, 11) is 0. The number of carbonyl (C=O) groups is 1. The van der Waals surface area contributed by atoms with Crippen molar-refractivity contribution >= 4 is 22.6 Å². The van der Waals surface area contributed by atoms with E-state index in [1.165, 1.54) is 19.1 Å². The number of carbonyl (C=O) groups excluding carboxylic acids is 1. The summed E-state index contributed by atoms with van der Waals surface area (Å²) in [5, 5.41) is 30.6. The van der Waals surface area contributed by atoms with Crippen LogP contribution in [0.3, 0.4) is 0 Å². The molecule has 2 unspecified atom stereocenters. The van der Waals surface area contributed by atoms with Crippen LogP contribution in [0.25, 0.3) is 0 Å². The van der Waals surface area contributed by atoms with Crippen LogP contribution in [-0.2, 0) is 4.79 Å². The highest BCUT2D eigenvalue weighted by molar-refractivity contribution is 8.13. The minimum Gasteiger partial charge on any atom is -0.390 e. The lowest BCUT2D eigenvalue weighted by molar-refractivity contribution is -0.385. The average molecular weight is 299 g/mol. The average Bonchev–Trinajstić information content (AvgIpc) is 2.36. The van der Waals surface area contributed by atoms with Crippen LogP contribution in [0.1, 0.15) is 30.6 Å². The number of nitro groups is 1. The number of thioether (sulfide) groups is 1. The van der Waals surface area contributed by atoms with Crippen molar-refractivity contribution in [2.75, 3.05) is 5.75 Å². The van der Waals surface area contributed by atoms with Crippen LogP contribution in [-0.4, -0.2) is 32.1 Å². The fourth-order valence-electron chi connectivity index (χ4n) is 1.77. The van der Waals surface area contributed by atoms with Crippen molar-refractivity contribution in [3.63, 3.8) is 0 Å². The van der Waals surface area contributed by atoms with Gasteiger partial charge in [-0.05, 0) is 24.5 Å². The van der Waals surface area contributed by atoms with Crippen LogP contribution in [0.2, 0.25) is 0 Å². The summed E-state index contributed by atoms with van der Waals surface area (Å²) in [6, 6.07) is 4.24. The minimum absolute atomic E-state index is 0.0575. The monoisotopic (exact) mass is 299 g/mol. The molecule has 0 radical (unpaired) electrons. The third-order valence-corrected chi connectivity index (χ3v) is 3.57. The normalized spacial score (nSPS) is 13.8. The fourth-order valence-corrected chi connectivity index (χ4v) is 2.42. The van der Waals surface area contributed by atoms with Crippen molar-refractivity contribution in [3.8, 4) is 0 Å². The van der Waals surface area contributed by atoms with Crippen molar-refractivity contribution in [2.45, 2.75) is 32.5 Å². The number of rotatable bonds is 6. The molecule has 1 rings (SSSR count). The van der Waals surface area contributed by atoms with E-state index in [0.29, 0.717) is 16.9 Å². The molecule has 1 aromatic carbocycles. The molecular formula is C13H17NO5S. The molecule has 0 aliphatic carbocycles. The van der Waals surface area contributed by atoms with Gasteiger partial charge in [-0.1, -0.05) is 17.8 Å². The molecule has 2 N–H and O–H groups in total. The maximum absolute atomic E-state index is 10.8. The molecule has 1 aromatic rings. The predicted octanol–water partition coefficient (Wildman–Crippen LogP) is 1.97. The first kappa shape index (κ1) is 16.6. The quantitative estimate of drug-likeness (QED) is 0.615. The molecule has 110 valence electrons. The molecule has 0 amide bonds. The van der Waals surface area contributed by atoms with Crippen LogP contribution in [0.4, 0.5) is 5.69 Å². The van der Waals surface area contributed by atoms with Gasteiger partial charge in [0, 0.05) is 24.8 Å². The van der Waals surface area contributed by atoms with Crippen LogP contribution in [0, 0.1) is 17.0 Å². The Morgan fingerprint density at radius 1 is 1.40 bits per heavy atom. The van der Waals surface area contributed by atoms with Gasteiger partial charge in [0.25, 0.3) is 5.69 Å². The van der Waals surface area contributed by atoms with Gasteiger partial charge in [0.1, 0.15) is 6.10 Å². The van der Waals surface area contributed by atoms with Gasteiger partial charge in [0.2, 0.25) is 0 Å². The molecule has 0 aromatic heterocycles. The first-order valence-electron chi connectivity index (χ1n) is 6.06. The molecule has 0 saturated carbocycles. The number of aliphatic hydroxyl groups excluding tert-OH is 2. The van der Waals surface area contributed by atoms with E-state index < -0.39 is 17.1 Å². The van der Waals surface area contributed by atoms with Crippen LogP contribution in [0.15, 0.2) is 18.2 Å². The molecular weight excluding hydrogens is 282 g/mol. The summed E-state index contributed by atoms with van der Waals surface area (Å²) in [4.78, 5) is 21.0. The van der Waals surface area contributed by atoms with Gasteiger partial charge in [-0.15, -0.1) is 0 Å². The number of nitrogens with zero attached hydrogens (tertiary/aromatic N) is 1. The minimum atomic E-state index is -1.21. The highest BCUT2D eigenvalue weighted by Crippen LogP contribution is 2.25. The maximum atomic E-state index is 10.8. The van der Waals surface area contributed by atoms with Crippen LogP contribution in [0.5, 0.6) is 0 Å². The second-order valence-electron chi connectivity index (χ2n) is 4.50. The van der Waals surface area contributed by atoms with Crippen LogP contribution < -0.4 is 0 Å². The predicted molar refractivity (Wildman–Crippen MR) is 76.6 cm³/mol. The number of benzene rings is 1. The molecule has 0 saturated heterocycles. The molecule has 0 heterocycles. The van der Waals surface area contributed by atoms with E-state index in [1.54, 1.807) is 13.0 Å². The molecule has 7 heteroatoms. The van der Waals surface area contributed by atoms with Gasteiger partial charge in [0.05, 0.1) is 11.0 Å². The summed E-state index contributed by atoms with van der Waals surface area (Å²) in [6.45, 7) is 3.11. The highest BCUT2D eigenvalue weighted by Gasteiger charge is 2.21. The van der Waals surface area contributed by atoms with Gasteiger partial charge >= 0.3 is 0 Å². The molecule has 6 nitrogen and oxygen atoms in total. The number of non-ortho nitro benzene ring substituents is 1. The Bertz CT molecular complexity index is 506. The van der Waals surface area contributed by atoms with Gasteiger partial charge in [0.15, 0.2) is 5.12 Å². The van der Waals surface area contributed by atoms with E-state index in [1.807, 2.05) is 0 Å². The Labute approximate surface area is 121 Å². The zero-order chi connectivity index (χ0) is 15.3. The van der Waals surface area contributed by atoms with Gasteiger partial charge in [-0.25, -0.2) is 0 Å². The third-order valence-electron chi connectivity index (χ3n) is 2.72. The Morgan fingerprint density at radius 3 is 2.60 bits per heavy atom. The van der Waals surface area contributed by atoms with E-state index in [-0.39, 0.29) is 17.2 Å². The fraction of sp³-hybridized carbons (Fsp3) is 0.462. The van der Waals surface area contributed by atoms with Gasteiger partial charge in [-0.2, -0.15) is 0 Å². The number of aliphatic hydroxyl groups is 2. The number of hydrogen-bond acceptors (Lipinski definition) is 6. The van der Waals surface area contributed by atoms with Crippen molar-refractivity contribution in [1.29, 1.82) is 0 Å². The van der Waals surface area contributed by atoms with Gasteiger partial charge < -0.3 is 10.2 Å². The zero-order valence-electron chi connectivity index (χ0n) is 11.3. The lowest BCUT2D eigenvalue weighted by atomic mass is 10.00. The molecule has 0 aliphatic heterocycles. The number of nitro benzene ring substituents is 1. The van der Waals surface area contributed by atoms with Crippen LogP contribution >= 0.6 is 11.8 Å². The summed E-state index contributed by atoms with van der Waals surface area (Å²) >= 11 is 1.07. The summed E-state index contributed by atoms with van der Waals surface area (Å²) in [5.74, 6) is 0.390. The Kier molecular flexibility index (Phi) is 6.12. The lowest BCUT2D eigenvalue weighted by Crippen LogP contribution is -2.19. The first-order valence-corrected chi connectivity index (χ1v) is 7.05. The topological polar surface area (TPSA) is 101 Å². The first-order chi connectivity index (χ1) is 9.31. The largest absolute Gasteiger partial charge is 0.390 e. The summed E-state index contributed by atoms with van der Waals surface area (Å²) in [6.07, 6.45) is -2.04. The second kappa shape index (κ2) is 7.37. The van der Waals surface area contributed by atoms with Crippen molar-refractivity contribution < 1.29 is 19.9 Å². The standard InChI is InChI=1S/C13H17NO5S/c1-8-5-10(7-11(6-8)14(18)19)13(17)12(16)3-4-20-9(2)15/h5-7,12-13,16-17H,3-4H2,1-2H3. The van der Waals surface area contributed by atoms with E-state index in [9.17, 15) is 25.1 Å². The van der Waals surface area contributed by atoms with E-state index >= 15 is 0 Å². The summed E-state index contributed by atoms with van der Waals surface area (Å²) in [5.41, 5.74) is 0.819. The zero-order valence-corrected chi connectivity index (χ0v) is 12.1. The van der Waals surface area contributed by atoms with Crippen molar-refractivity contribution in [3.05, 3.63) is 39.4 Å². The SMILES string of the molecule is CC(=O)SCCC(O)C(O)c1cc(C)cc([N+](=O)[O-])c1. The van der Waals surface area contributed by atoms with E-state index in [2.05, 4.69) is 0 Å². The summed E-state index contributed by atoms with van der Waals surface area (Å²) < 4.78 is 0. The Hall–Kier alpha value is -1.44. The molecule has 0 aliphatic rings. The highest BCUT2D eigenvalue weighted by atomic mass is 32.2. The molecule has 0 fully saturated rings. The maximum Gasteiger partial charge on any atom is 0.270 e. The molecule has 2 atom stereocenters. The molecule has 20 heavy (non-hydrogen) atoms. The second-order valence-corrected chi connectivity index (χ2v) is 5.77. The smallest absolute Gasteiger partial charge is 0.270 e. The molecule has 0 spiro atoms.